The van der Waals surface area contributed by atoms with Gasteiger partial charge in [0.2, 0.25) is 11.8 Å². The van der Waals surface area contributed by atoms with Crippen LogP contribution < -0.4 is 10.6 Å². The van der Waals surface area contributed by atoms with Crippen LogP contribution in [0.2, 0.25) is 0 Å². The molecule has 0 bridgehead atoms. The molecule has 286 valence electrons. The fourth-order valence-corrected chi connectivity index (χ4v) is 7.63. The molecule has 1 unspecified atom stereocenters. The van der Waals surface area contributed by atoms with Gasteiger partial charge in [0.25, 0.3) is 11.8 Å². The molecule has 1 atom stereocenters. The number of benzene rings is 2. The van der Waals surface area contributed by atoms with Crippen LogP contribution in [-0.4, -0.2) is 85.4 Å². The van der Waals surface area contributed by atoms with Crippen molar-refractivity contribution in [1.82, 2.24) is 40.0 Å². The summed E-state index contributed by atoms with van der Waals surface area (Å²) in [7, 11) is 1.51. The molecule has 13 heteroatoms. The molecule has 56 heavy (non-hydrogen) atoms. The second-order valence-corrected chi connectivity index (χ2v) is 14.2. The average molecular weight is 753 g/mol. The fraction of sp³-hybridized carbons (Fsp3) is 0.302. The minimum absolute atomic E-state index is 0.0528. The van der Waals surface area contributed by atoms with E-state index in [0.29, 0.717) is 18.7 Å². The lowest BCUT2D eigenvalue weighted by Gasteiger charge is -2.28. The predicted molar refractivity (Wildman–Crippen MR) is 212 cm³/mol. The zero-order valence-corrected chi connectivity index (χ0v) is 32.0. The van der Waals surface area contributed by atoms with Crippen molar-refractivity contribution >= 4 is 46.8 Å². The van der Waals surface area contributed by atoms with Crippen molar-refractivity contribution in [2.75, 3.05) is 20.1 Å². The summed E-state index contributed by atoms with van der Waals surface area (Å²) in [5.74, 6) is 0.165. The first-order chi connectivity index (χ1) is 27.1. The highest BCUT2D eigenvalue weighted by Crippen LogP contribution is 2.35. The van der Waals surface area contributed by atoms with Crippen molar-refractivity contribution in [3.63, 3.8) is 0 Å². The number of carbonyl (C=O) groups excluding carboxylic acids is 5. The van der Waals surface area contributed by atoms with Gasteiger partial charge in [-0.15, -0.1) is 0 Å². The Balaban J connectivity index is 1.04. The lowest BCUT2D eigenvalue weighted by Crippen LogP contribution is -2.46. The van der Waals surface area contributed by atoms with E-state index in [0.717, 1.165) is 80.8 Å². The number of amides is 4. The fourth-order valence-electron chi connectivity index (χ4n) is 7.63. The van der Waals surface area contributed by atoms with E-state index in [1.165, 1.54) is 11.9 Å². The van der Waals surface area contributed by atoms with E-state index in [1.54, 1.807) is 31.3 Å². The van der Waals surface area contributed by atoms with Crippen LogP contribution >= 0.6 is 0 Å². The predicted octanol–water partition coefficient (Wildman–Crippen LogP) is 4.97. The number of aromatic nitrogens is 4. The van der Waals surface area contributed by atoms with Gasteiger partial charge in [-0.3, -0.25) is 29.1 Å². The molecule has 7 rings (SSSR count). The molecule has 2 aromatic carbocycles. The van der Waals surface area contributed by atoms with Crippen molar-refractivity contribution in [3.05, 3.63) is 106 Å². The van der Waals surface area contributed by atoms with Crippen molar-refractivity contribution in [2.24, 2.45) is 0 Å². The molecule has 2 aliphatic rings. The zero-order valence-electron chi connectivity index (χ0n) is 32.0. The third kappa shape index (κ3) is 7.31. The minimum Gasteiger partial charge on any atom is -0.357 e. The highest BCUT2D eigenvalue weighted by atomic mass is 16.2. The van der Waals surface area contributed by atoms with E-state index in [2.05, 4.69) is 33.2 Å². The molecule has 5 aromatic rings. The van der Waals surface area contributed by atoms with Crippen LogP contribution in [-0.2, 0) is 40.4 Å². The Morgan fingerprint density at radius 3 is 2.50 bits per heavy atom. The molecule has 0 aliphatic carbocycles. The second kappa shape index (κ2) is 16.1. The van der Waals surface area contributed by atoms with Gasteiger partial charge in [-0.05, 0) is 54.1 Å². The molecule has 2 N–H and O–H groups in total. The summed E-state index contributed by atoms with van der Waals surface area (Å²) in [5.41, 5.74) is 7.63. The first kappa shape index (κ1) is 37.8. The largest absolute Gasteiger partial charge is 0.357 e. The Morgan fingerprint density at radius 1 is 0.964 bits per heavy atom. The van der Waals surface area contributed by atoms with E-state index in [9.17, 15) is 24.0 Å². The van der Waals surface area contributed by atoms with E-state index >= 15 is 0 Å². The van der Waals surface area contributed by atoms with Crippen LogP contribution in [0.4, 0.5) is 0 Å². The van der Waals surface area contributed by atoms with Crippen molar-refractivity contribution < 1.29 is 24.0 Å². The van der Waals surface area contributed by atoms with E-state index < -0.39 is 6.04 Å². The Morgan fingerprint density at radius 2 is 1.77 bits per heavy atom. The summed E-state index contributed by atoms with van der Waals surface area (Å²) in [6.07, 6.45) is 7.37. The van der Waals surface area contributed by atoms with Gasteiger partial charge in [-0.2, -0.15) is 0 Å². The number of nitrogens with zero attached hydrogens (tertiary/aromatic N) is 6. The maximum absolute atomic E-state index is 13.3. The average Bonchev–Trinajstić information content (AvgIpc) is 3.76. The van der Waals surface area contributed by atoms with Crippen LogP contribution in [0.5, 0.6) is 0 Å². The first-order valence-corrected chi connectivity index (χ1v) is 18.8. The molecule has 0 saturated carbocycles. The quantitative estimate of drug-likeness (QED) is 0.169. The Kier molecular flexibility index (Phi) is 10.9. The van der Waals surface area contributed by atoms with E-state index in [4.69, 9.17) is 9.97 Å². The topological polar surface area (TPSA) is 159 Å². The number of imidazole rings is 1. The van der Waals surface area contributed by atoms with E-state index in [-0.39, 0.29) is 55.3 Å². The zero-order chi connectivity index (χ0) is 39.5. The molecular weight excluding hydrogens is 709 g/mol. The number of pyridine rings is 2. The highest BCUT2D eigenvalue weighted by Gasteiger charge is 2.36. The summed E-state index contributed by atoms with van der Waals surface area (Å²) in [6, 6.07) is 16.3. The first-order valence-electron chi connectivity index (χ1n) is 18.8. The molecular formula is C43H44N8O5. The summed E-state index contributed by atoms with van der Waals surface area (Å²) in [5, 5.41) is 7.48. The number of rotatable bonds is 12. The lowest BCUT2D eigenvalue weighted by molar-refractivity contribution is -0.130. The van der Waals surface area contributed by atoms with Crippen molar-refractivity contribution in [2.45, 2.75) is 65.7 Å². The van der Waals surface area contributed by atoms with Gasteiger partial charge in [-0.25, -0.2) is 4.98 Å². The van der Waals surface area contributed by atoms with Gasteiger partial charge in [0.05, 0.1) is 23.6 Å². The van der Waals surface area contributed by atoms with Crippen LogP contribution in [0.3, 0.4) is 0 Å². The van der Waals surface area contributed by atoms with Gasteiger partial charge in [0.1, 0.15) is 23.8 Å². The summed E-state index contributed by atoms with van der Waals surface area (Å²) in [6.45, 7) is 8.00. The number of likely N-dealkylation sites (N-methyl/N-ethyl adjacent to an activating group) is 1. The Labute approximate surface area is 324 Å². The summed E-state index contributed by atoms with van der Waals surface area (Å²) < 4.78 is 2.24. The van der Waals surface area contributed by atoms with Crippen molar-refractivity contribution in [1.29, 1.82) is 0 Å². The number of aryl methyl sites for hydroxylation is 1. The number of hydrogen-bond acceptors (Lipinski definition) is 8. The monoisotopic (exact) mass is 752 g/mol. The molecule has 0 radical (unpaired) electrons. The normalized spacial score (nSPS) is 14.4. The number of hydrogen-bond donors (Lipinski definition) is 2. The van der Waals surface area contributed by atoms with Crippen LogP contribution in [0, 0.1) is 0 Å². The smallest absolute Gasteiger partial charge is 0.270 e. The van der Waals surface area contributed by atoms with Gasteiger partial charge in [0, 0.05) is 87.5 Å². The third-order valence-electron chi connectivity index (χ3n) is 10.6. The van der Waals surface area contributed by atoms with Crippen LogP contribution in [0.15, 0.2) is 72.6 Å². The van der Waals surface area contributed by atoms with Crippen LogP contribution in [0.1, 0.15) is 77.1 Å². The number of carbonyl (C=O) groups is 5. The molecule has 0 saturated heterocycles. The molecule has 5 heterocycles. The summed E-state index contributed by atoms with van der Waals surface area (Å²) in [4.78, 5) is 80.0. The number of nitrogens with one attached hydrogen (secondary N) is 2. The molecule has 3 aromatic heterocycles. The van der Waals surface area contributed by atoms with E-state index in [1.807, 2.05) is 54.4 Å². The highest BCUT2D eigenvalue weighted by molar-refractivity contribution is 6.02. The molecule has 2 aliphatic heterocycles. The standard InChI is InChI=1S/C43H44N8O5/c1-5-39-48-40(38-25-49(27(3)53)16-17-50(38)39)31-11-6-10-29-20-36(46-23-33(29)31)30-14-15-35(45-22-30)41(54)47-21-26(2)19-28-9-7-12-32-34(28)24-51(43(32)56)37(13-8-18-52)42(55)44-4/h6-7,9-12,14-15,18-20,22-23,37H,5,8,13,16-17,21,24-25H2,1-4H3,(H,44,55)(H,47,54)/b26-19+. The van der Waals surface area contributed by atoms with Crippen LogP contribution in [0.25, 0.3) is 39.4 Å². The Hall–Kier alpha value is -6.50. The number of aldehydes is 1. The van der Waals surface area contributed by atoms with Gasteiger partial charge >= 0.3 is 0 Å². The van der Waals surface area contributed by atoms with Gasteiger partial charge < -0.3 is 29.8 Å². The maximum Gasteiger partial charge on any atom is 0.270 e. The summed E-state index contributed by atoms with van der Waals surface area (Å²) >= 11 is 0. The SMILES string of the molecule is CCc1nc(-c2cccc3cc(-c4ccc(C(=O)NC/C(C)=C/c5cccc6c5CN(C(CCC=O)C(=O)NC)C6=O)nc4)ncc23)c2n1CCN(C(C)=O)C2. The molecule has 13 nitrogen and oxygen atoms in total. The minimum atomic E-state index is -0.749. The Bertz CT molecular complexity index is 2400. The molecule has 4 amide bonds. The third-order valence-corrected chi connectivity index (χ3v) is 10.6. The van der Waals surface area contributed by atoms with Gasteiger partial charge in [0.15, 0.2) is 0 Å². The second-order valence-electron chi connectivity index (χ2n) is 14.2. The lowest BCUT2D eigenvalue weighted by atomic mass is 10.0. The maximum atomic E-state index is 13.3. The van der Waals surface area contributed by atoms with Gasteiger partial charge in [-0.1, -0.05) is 48.9 Å². The number of fused-ring (bicyclic) bond motifs is 3. The molecule has 0 fully saturated rings. The molecule has 0 spiro atoms. The van der Waals surface area contributed by atoms with Crippen molar-refractivity contribution in [3.8, 4) is 22.5 Å².